The van der Waals surface area contributed by atoms with E-state index in [0.717, 1.165) is 12.8 Å². The number of benzene rings is 1. The molecule has 0 saturated carbocycles. The van der Waals surface area contributed by atoms with E-state index in [0.29, 0.717) is 6.42 Å². The van der Waals surface area contributed by atoms with E-state index in [-0.39, 0.29) is 6.04 Å². The van der Waals surface area contributed by atoms with E-state index in [1.807, 2.05) is 32.0 Å². The summed E-state index contributed by atoms with van der Waals surface area (Å²) in [4.78, 5) is 10.9. The predicted octanol–water partition coefficient (Wildman–Crippen LogP) is 2.46. The third-order valence-corrected chi connectivity index (χ3v) is 2.90. The van der Waals surface area contributed by atoms with Crippen LogP contribution in [0.1, 0.15) is 32.3 Å². The number of nitrogens with one attached hydrogen (secondary N) is 1. The van der Waals surface area contributed by atoms with Crippen LogP contribution in [0.2, 0.25) is 0 Å². The summed E-state index contributed by atoms with van der Waals surface area (Å²) in [7, 11) is 0. The van der Waals surface area contributed by atoms with Gasteiger partial charge < -0.3 is 10.4 Å². The van der Waals surface area contributed by atoms with Crippen molar-refractivity contribution < 1.29 is 9.90 Å². The Morgan fingerprint density at radius 3 is 2.53 bits per heavy atom. The summed E-state index contributed by atoms with van der Waals surface area (Å²) in [6.45, 7) is 3.92. The van der Waals surface area contributed by atoms with Crippen molar-refractivity contribution in [3.63, 3.8) is 0 Å². The maximum Gasteiger partial charge on any atom is 0.320 e. The zero-order chi connectivity index (χ0) is 12.7. The Balaban J connectivity index is 2.34. The van der Waals surface area contributed by atoms with Crippen LogP contribution >= 0.6 is 0 Å². The van der Waals surface area contributed by atoms with Crippen LogP contribution in [0.4, 0.5) is 0 Å². The van der Waals surface area contributed by atoms with Gasteiger partial charge in [0.15, 0.2) is 0 Å². The standard InChI is InChI=1S/C14H21NO2/c1-3-13(14(16)17)15-11(2)9-10-12-7-5-4-6-8-12/h4-8,11,13,15H,3,9-10H2,1-2H3,(H,16,17). The lowest BCUT2D eigenvalue weighted by molar-refractivity contribution is -0.139. The Kier molecular flexibility index (Phi) is 5.70. The fourth-order valence-corrected chi connectivity index (χ4v) is 1.82. The third kappa shape index (κ3) is 5.00. The summed E-state index contributed by atoms with van der Waals surface area (Å²) >= 11 is 0. The molecule has 0 aromatic heterocycles. The number of hydrogen-bond acceptors (Lipinski definition) is 2. The van der Waals surface area contributed by atoms with Gasteiger partial charge in [0.2, 0.25) is 0 Å². The first-order valence-electron chi connectivity index (χ1n) is 6.16. The van der Waals surface area contributed by atoms with E-state index in [2.05, 4.69) is 17.4 Å². The Bertz CT molecular complexity index is 337. The minimum atomic E-state index is -0.765. The van der Waals surface area contributed by atoms with Crippen LogP contribution in [0.3, 0.4) is 0 Å². The second kappa shape index (κ2) is 7.07. The predicted molar refractivity (Wildman–Crippen MR) is 69.1 cm³/mol. The number of carbonyl (C=O) groups is 1. The molecule has 0 spiro atoms. The Hall–Kier alpha value is -1.35. The number of aliphatic carboxylic acids is 1. The van der Waals surface area contributed by atoms with Gasteiger partial charge in [0.05, 0.1) is 0 Å². The molecule has 17 heavy (non-hydrogen) atoms. The minimum Gasteiger partial charge on any atom is -0.480 e. The fourth-order valence-electron chi connectivity index (χ4n) is 1.82. The highest BCUT2D eigenvalue weighted by molar-refractivity contribution is 5.73. The van der Waals surface area contributed by atoms with Crippen molar-refractivity contribution in [2.75, 3.05) is 0 Å². The van der Waals surface area contributed by atoms with Crippen LogP contribution in [0, 0.1) is 0 Å². The molecule has 0 saturated heterocycles. The van der Waals surface area contributed by atoms with Gasteiger partial charge in [-0.2, -0.15) is 0 Å². The summed E-state index contributed by atoms with van der Waals surface area (Å²) in [6.07, 6.45) is 2.55. The Labute approximate surface area is 103 Å². The molecule has 0 amide bonds. The summed E-state index contributed by atoms with van der Waals surface area (Å²) in [5, 5.41) is 12.1. The van der Waals surface area contributed by atoms with Crippen molar-refractivity contribution in [1.29, 1.82) is 0 Å². The van der Waals surface area contributed by atoms with Gasteiger partial charge in [-0.1, -0.05) is 37.3 Å². The number of carboxylic acid groups (broad SMARTS) is 1. The van der Waals surface area contributed by atoms with Crippen LogP contribution < -0.4 is 5.32 Å². The van der Waals surface area contributed by atoms with E-state index < -0.39 is 12.0 Å². The molecule has 3 nitrogen and oxygen atoms in total. The molecule has 0 aliphatic rings. The van der Waals surface area contributed by atoms with Crippen molar-refractivity contribution in [2.45, 2.75) is 45.2 Å². The van der Waals surface area contributed by atoms with Gasteiger partial charge in [-0.25, -0.2) is 0 Å². The molecule has 1 rings (SSSR count). The Morgan fingerprint density at radius 1 is 1.35 bits per heavy atom. The zero-order valence-corrected chi connectivity index (χ0v) is 10.5. The zero-order valence-electron chi connectivity index (χ0n) is 10.5. The maximum absolute atomic E-state index is 10.9. The molecule has 0 aliphatic heterocycles. The van der Waals surface area contributed by atoms with Crippen molar-refractivity contribution in [3.05, 3.63) is 35.9 Å². The topological polar surface area (TPSA) is 49.3 Å². The molecule has 0 aliphatic carbocycles. The van der Waals surface area contributed by atoms with Crippen LogP contribution in [-0.4, -0.2) is 23.2 Å². The average Bonchev–Trinajstić information content (AvgIpc) is 2.34. The maximum atomic E-state index is 10.9. The average molecular weight is 235 g/mol. The second-order valence-electron chi connectivity index (χ2n) is 4.39. The summed E-state index contributed by atoms with van der Waals surface area (Å²) in [5.41, 5.74) is 1.30. The summed E-state index contributed by atoms with van der Waals surface area (Å²) in [6, 6.07) is 10.0. The molecule has 3 heteroatoms. The van der Waals surface area contributed by atoms with Crippen molar-refractivity contribution in [2.24, 2.45) is 0 Å². The monoisotopic (exact) mass is 235 g/mol. The van der Waals surface area contributed by atoms with Crippen molar-refractivity contribution >= 4 is 5.97 Å². The van der Waals surface area contributed by atoms with Crippen molar-refractivity contribution in [1.82, 2.24) is 5.32 Å². The van der Waals surface area contributed by atoms with Gasteiger partial charge in [0.25, 0.3) is 0 Å². The third-order valence-electron chi connectivity index (χ3n) is 2.90. The molecule has 0 heterocycles. The van der Waals surface area contributed by atoms with Crippen LogP contribution in [0.5, 0.6) is 0 Å². The molecule has 0 bridgehead atoms. The summed E-state index contributed by atoms with van der Waals surface area (Å²) in [5.74, 6) is -0.765. The number of hydrogen-bond donors (Lipinski definition) is 2. The van der Waals surface area contributed by atoms with Crippen LogP contribution in [0.15, 0.2) is 30.3 Å². The molecule has 2 N–H and O–H groups in total. The van der Waals surface area contributed by atoms with E-state index in [1.165, 1.54) is 5.56 Å². The first-order chi connectivity index (χ1) is 8.13. The van der Waals surface area contributed by atoms with Gasteiger partial charge in [0.1, 0.15) is 6.04 Å². The van der Waals surface area contributed by atoms with E-state index in [4.69, 9.17) is 5.11 Å². The second-order valence-corrected chi connectivity index (χ2v) is 4.39. The number of rotatable bonds is 7. The molecule has 0 radical (unpaired) electrons. The van der Waals surface area contributed by atoms with Crippen LogP contribution in [0.25, 0.3) is 0 Å². The highest BCUT2D eigenvalue weighted by Crippen LogP contribution is 2.06. The lowest BCUT2D eigenvalue weighted by atomic mass is 10.1. The largest absolute Gasteiger partial charge is 0.480 e. The van der Waals surface area contributed by atoms with Crippen LogP contribution in [-0.2, 0) is 11.2 Å². The van der Waals surface area contributed by atoms with Gasteiger partial charge in [-0.15, -0.1) is 0 Å². The summed E-state index contributed by atoms with van der Waals surface area (Å²) < 4.78 is 0. The smallest absolute Gasteiger partial charge is 0.320 e. The lowest BCUT2D eigenvalue weighted by Gasteiger charge is -2.18. The molecule has 2 unspecified atom stereocenters. The SMILES string of the molecule is CCC(NC(C)CCc1ccccc1)C(=O)O. The first-order valence-corrected chi connectivity index (χ1v) is 6.16. The van der Waals surface area contributed by atoms with E-state index in [1.54, 1.807) is 0 Å². The van der Waals surface area contributed by atoms with Gasteiger partial charge in [-0.3, -0.25) is 4.79 Å². The lowest BCUT2D eigenvalue weighted by Crippen LogP contribution is -2.41. The number of carboxylic acids is 1. The fraction of sp³-hybridized carbons (Fsp3) is 0.500. The Morgan fingerprint density at radius 2 is 2.00 bits per heavy atom. The molecule has 2 atom stereocenters. The van der Waals surface area contributed by atoms with Gasteiger partial charge in [0, 0.05) is 6.04 Å². The molecule has 1 aromatic carbocycles. The molecular formula is C14H21NO2. The molecular weight excluding hydrogens is 214 g/mol. The highest BCUT2D eigenvalue weighted by atomic mass is 16.4. The van der Waals surface area contributed by atoms with E-state index in [9.17, 15) is 4.79 Å². The first kappa shape index (κ1) is 13.7. The van der Waals surface area contributed by atoms with Gasteiger partial charge in [-0.05, 0) is 31.7 Å². The minimum absolute atomic E-state index is 0.219. The van der Waals surface area contributed by atoms with Gasteiger partial charge >= 0.3 is 5.97 Å². The number of aryl methyl sites for hydroxylation is 1. The van der Waals surface area contributed by atoms with Crippen molar-refractivity contribution in [3.8, 4) is 0 Å². The molecule has 94 valence electrons. The molecule has 0 fully saturated rings. The van der Waals surface area contributed by atoms with E-state index >= 15 is 0 Å². The molecule has 1 aromatic rings. The highest BCUT2D eigenvalue weighted by Gasteiger charge is 2.16. The quantitative estimate of drug-likeness (QED) is 0.763. The normalized spacial score (nSPS) is 14.2.